The molecule has 0 aliphatic rings. The smallest absolute Gasteiger partial charge is 0.154 e. The van der Waals surface area contributed by atoms with Crippen LogP contribution in [0.1, 0.15) is 18.2 Å². The van der Waals surface area contributed by atoms with Crippen LogP contribution in [0.3, 0.4) is 0 Å². The summed E-state index contributed by atoms with van der Waals surface area (Å²) in [4.78, 5) is 9.68. The van der Waals surface area contributed by atoms with E-state index in [4.69, 9.17) is 5.73 Å². The van der Waals surface area contributed by atoms with Crippen LogP contribution < -0.4 is 16.4 Å². The molecule has 2 rings (SSSR count). The molecule has 6 heteroatoms. The Bertz CT molecular complexity index is 498. The van der Waals surface area contributed by atoms with Crippen molar-refractivity contribution in [2.24, 2.45) is 0 Å². The Hall–Kier alpha value is -1.82. The zero-order valence-corrected chi connectivity index (χ0v) is 11.8. The van der Waals surface area contributed by atoms with E-state index in [2.05, 4.69) is 45.0 Å². The largest absolute Gasteiger partial charge is 0.393 e. The minimum Gasteiger partial charge on any atom is -0.393 e. The summed E-state index contributed by atoms with van der Waals surface area (Å²) in [5, 5.41) is 8.54. The summed E-state index contributed by atoms with van der Waals surface area (Å²) >= 11 is 1.76. The van der Waals surface area contributed by atoms with Gasteiger partial charge in [-0.1, -0.05) is 13.0 Å². The standard InChI is InChI=1S/C13H19N5S/c1-2-6-15-12-11(14)13(18-9-17-12)16-7-5-10-4-3-8-19-10/h3-4,8-9H,2,5-7,14H2,1H3,(H2,15,16,17,18). The van der Waals surface area contributed by atoms with E-state index in [0.717, 1.165) is 25.9 Å². The van der Waals surface area contributed by atoms with Crippen LogP contribution in [0.25, 0.3) is 0 Å². The highest BCUT2D eigenvalue weighted by Gasteiger charge is 2.06. The van der Waals surface area contributed by atoms with Gasteiger partial charge < -0.3 is 16.4 Å². The van der Waals surface area contributed by atoms with Gasteiger partial charge in [0.1, 0.15) is 12.0 Å². The van der Waals surface area contributed by atoms with Gasteiger partial charge in [-0.3, -0.25) is 0 Å². The van der Waals surface area contributed by atoms with Gasteiger partial charge in [0.15, 0.2) is 11.6 Å². The van der Waals surface area contributed by atoms with Crippen LogP contribution in [0.5, 0.6) is 0 Å². The summed E-state index contributed by atoms with van der Waals surface area (Å²) < 4.78 is 0. The molecule has 0 spiro atoms. The molecule has 0 unspecified atom stereocenters. The molecule has 0 radical (unpaired) electrons. The highest BCUT2D eigenvalue weighted by atomic mass is 32.1. The van der Waals surface area contributed by atoms with E-state index in [1.54, 1.807) is 11.3 Å². The molecule has 0 saturated heterocycles. The highest BCUT2D eigenvalue weighted by Crippen LogP contribution is 2.22. The van der Waals surface area contributed by atoms with Crippen molar-refractivity contribution in [1.82, 2.24) is 9.97 Å². The van der Waals surface area contributed by atoms with Crippen LogP contribution in [-0.4, -0.2) is 23.1 Å². The normalized spacial score (nSPS) is 10.4. The minimum atomic E-state index is 0.585. The van der Waals surface area contributed by atoms with Crippen LogP contribution in [0.15, 0.2) is 23.8 Å². The summed E-state index contributed by atoms with van der Waals surface area (Å²) in [7, 11) is 0. The van der Waals surface area contributed by atoms with Crippen LogP contribution in [0, 0.1) is 0 Å². The average molecular weight is 277 g/mol. The molecule has 2 heterocycles. The monoisotopic (exact) mass is 277 g/mol. The van der Waals surface area contributed by atoms with Gasteiger partial charge in [0.05, 0.1) is 0 Å². The van der Waals surface area contributed by atoms with Crippen molar-refractivity contribution in [2.45, 2.75) is 19.8 Å². The summed E-state index contributed by atoms with van der Waals surface area (Å²) in [5.41, 5.74) is 6.62. The number of hydrogen-bond acceptors (Lipinski definition) is 6. The Morgan fingerprint density at radius 2 is 1.95 bits per heavy atom. The SMILES string of the molecule is CCCNc1ncnc(NCCc2cccs2)c1N. The number of anilines is 3. The number of nitrogens with two attached hydrogens (primary N) is 1. The van der Waals surface area contributed by atoms with Gasteiger partial charge >= 0.3 is 0 Å². The topological polar surface area (TPSA) is 75.9 Å². The summed E-state index contributed by atoms with van der Waals surface area (Å²) in [6, 6.07) is 4.19. The molecule has 102 valence electrons. The minimum absolute atomic E-state index is 0.585. The van der Waals surface area contributed by atoms with E-state index in [0.29, 0.717) is 17.3 Å². The van der Waals surface area contributed by atoms with Gasteiger partial charge in [0.25, 0.3) is 0 Å². The predicted molar refractivity (Wildman–Crippen MR) is 81.7 cm³/mol. The lowest BCUT2D eigenvalue weighted by atomic mass is 10.3. The number of aromatic nitrogens is 2. The fourth-order valence-corrected chi connectivity index (χ4v) is 2.39. The van der Waals surface area contributed by atoms with Crippen molar-refractivity contribution in [2.75, 3.05) is 29.5 Å². The molecule has 0 atom stereocenters. The third-order valence-corrected chi connectivity index (χ3v) is 3.61. The maximum absolute atomic E-state index is 6.04. The van der Waals surface area contributed by atoms with Crippen molar-refractivity contribution in [3.05, 3.63) is 28.7 Å². The number of nitrogens with one attached hydrogen (secondary N) is 2. The Morgan fingerprint density at radius 3 is 2.58 bits per heavy atom. The Balaban J connectivity index is 1.92. The number of hydrogen-bond donors (Lipinski definition) is 3. The predicted octanol–water partition coefficient (Wildman–Crippen LogP) is 2.60. The molecule has 2 aromatic heterocycles. The third kappa shape index (κ3) is 3.82. The van der Waals surface area contributed by atoms with Crippen molar-refractivity contribution in [3.63, 3.8) is 0 Å². The van der Waals surface area contributed by atoms with Crippen molar-refractivity contribution in [1.29, 1.82) is 0 Å². The maximum atomic E-state index is 6.04. The van der Waals surface area contributed by atoms with Crippen LogP contribution in [-0.2, 0) is 6.42 Å². The second kappa shape index (κ2) is 6.94. The van der Waals surface area contributed by atoms with Crippen molar-refractivity contribution >= 4 is 28.7 Å². The molecule has 19 heavy (non-hydrogen) atoms. The van der Waals surface area contributed by atoms with Gasteiger partial charge in [-0.05, 0) is 24.3 Å². The molecule has 0 fully saturated rings. The fourth-order valence-electron chi connectivity index (χ4n) is 1.68. The molecule has 0 amide bonds. The Morgan fingerprint density at radius 1 is 1.21 bits per heavy atom. The quantitative estimate of drug-likeness (QED) is 0.725. The van der Waals surface area contributed by atoms with Gasteiger partial charge in [-0.2, -0.15) is 0 Å². The average Bonchev–Trinajstić information content (AvgIpc) is 2.92. The van der Waals surface area contributed by atoms with Crippen molar-refractivity contribution < 1.29 is 0 Å². The van der Waals surface area contributed by atoms with Crippen molar-refractivity contribution in [3.8, 4) is 0 Å². The first-order valence-electron chi connectivity index (χ1n) is 6.42. The fraction of sp³-hybridized carbons (Fsp3) is 0.385. The lowest BCUT2D eigenvalue weighted by Crippen LogP contribution is -2.11. The molecule has 0 aliphatic carbocycles. The number of nitrogen functional groups attached to an aromatic ring is 1. The Labute approximate surface area is 117 Å². The van der Waals surface area contributed by atoms with E-state index in [1.807, 2.05) is 0 Å². The van der Waals surface area contributed by atoms with E-state index in [1.165, 1.54) is 11.2 Å². The second-order valence-corrected chi connectivity index (χ2v) is 5.20. The number of rotatable bonds is 7. The maximum Gasteiger partial charge on any atom is 0.154 e. The zero-order valence-electron chi connectivity index (χ0n) is 11.0. The van der Waals surface area contributed by atoms with Gasteiger partial charge in [0.2, 0.25) is 0 Å². The first-order valence-corrected chi connectivity index (χ1v) is 7.29. The van der Waals surface area contributed by atoms with Gasteiger partial charge in [0, 0.05) is 18.0 Å². The highest BCUT2D eigenvalue weighted by molar-refractivity contribution is 7.09. The molecular formula is C13H19N5S. The first kappa shape index (κ1) is 13.6. The van der Waals surface area contributed by atoms with E-state index < -0.39 is 0 Å². The van der Waals surface area contributed by atoms with E-state index in [-0.39, 0.29) is 0 Å². The van der Waals surface area contributed by atoms with E-state index in [9.17, 15) is 0 Å². The van der Waals surface area contributed by atoms with Crippen LogP contribution in [0.4, 0.5) is 17.3 Å². The number of nitrogens with zero attached hydrogens (tertiary/aromatic N) is 2. The third-order valence-electron chi connectivity index (χ3n) is 2.67. The molecule has 0 aromatic carbocycles. The summed E-state index contributed by atoms with van der Waals surface area (Å²) in [5.74, 6) is 1.40. The number of thiophene rings is 1. The lowest BCUT2D eigenvalue weighted by Gasteiger charge is -2.11. The molecule has 0 aliphatic heterocycles. The molecule has 4 N–H and O–H groups in total. The van der Waals surface area contributed by atoms with E-state index >= 15 is 0 Å². The zero-order chi connectivity index (χ0) is 13.5. The second-order valence-electron chi connectivity index (χ2n) is 4.17. The summed E-state index contributed by atoms with van der Waals surface area (Å²) in [6.45, 7) is 3.77. The molecule has 0 saturated carbocycles. The van der Waals surface area contributed by atoms with Gasteiger partial charge in [-0.25, -0.2) is 9.97 Å². The van der Waals surface area contributed by atoms with Crippen LogP contribution in [0.2, 0.25) is 0 Å². The molecule has 0 bridgehead atoms. The summed E-state index contributed by atoms with van der Waals surface area (Å²) in [6.07, 6.45) is 3.53. The molecular weight excluding hydrogens is 258 g/mol. The molecule has 2 aromatic rings. The lowest BCUT2D eigenvalue weighted by molar-refractivity contribution is 0.963. The Kier molecular flexibility index (Phi) is 4.97. The molecule has 5 nitrogen and oxygen atoms in total. The van der Waals surface area contributed by atoms with Crippen LogP contribution >= 0.6 is 11.3 Å². The van der Waals surface area contributed by atoms with Gasteiger partial charge in [-0.15, -0.1) is 11.3 Å². The first-order chi connectivity index (χ1) is 9.31.